The van der Waals surface area contributed by atoms with Crippen LogP contribution in [-0.2, 0) is 0 Å². The van der Waals surface area contributed by atoms with E-state index in [9.17, 15) is 14.0 Å². The highest BCUT2D eigenvalue weighted by atomic mass is 19.1. The molecule has 1 aromatic carbocycles. The van der Waals surface area contributed by atoms with Crippen LogP contribution in [0.15, 0.2) is 18.2 Å². The molecule has 6 nitrogen and oxygen atoms in total. The third-order valence-corrected chi connectivity index (χ3v) is 3.94. The minimum absolute atomic E-state index is 0.134. The Balaban J connectivity index is 2.07. The Morgan fingerprint density at radius 3 is 2.40 bits per heavy atom. The maximum Gasteiger partial charge on any atom is 0.317 e. The van der Waals surface area contributed by atoms with Crippen LogP contribution in [0.1, 0.15) is 37.6 Å². The van der Waals surface area contributed by atoms with Gasteiger partial charge in [0, 0.05) is 31.7 Å². The van der Waals surface area contributed by atoms with Gasteiger partial charge in [-0.25, -0.2) is 9.18 Å². The number of benzene rings is 1. The Bertz CT molecular complexity index is 643. The zero-order valence-electron chi connectivity index (χ0n) is 15.3. The molecular weight excluding hydrogens is 325 g/mol. The molecule has 0 aromatic heterocycles. The first-order chi connectivity index (χ1) is 11.7. The van der Waals surface area contributed by atoms with Crippen molar-refractivity contribution in [1.29, 1.82) is 0 Å². The molecule has 138 valence electrons. The van der Waals surface area contributed by atoms with Crippen LogP contribution in [0, 0.1) is 5.82 Å². The molecule has 1 aliphatic heterocycles. The van der Waals surface area contributed by atoms with Gasteiger partial charge in [0.25, 0.3) is 5.91 Å². The number of urea groups is 1. The SMILES string of the molecule is COc1ccc(F)cc1C(=O)N1CCCN(C(=O)NC(C)(C)C)CC1. The molecule has 0 bridgehead atoms. The van der Waals surface area contributed by atoms with Crippen LogP contribution >= 0.6 is 0 Å². The van der Waals surface area contributed by atoms with Crippen LogP contribution in [0.25, 0.3) is 0 Å². The molecule has 1 aliphatic rings. The minimum atomic E-state index is -0.481. The van der Waals surface area contributed by atoms with Gasteiger partial charge in [-0.15, -0.1) is 0 Å². The molecule has 0 saturated carbocycles. The number of rotatable bonds is 2. The highest BCUT2D eigenvalue weighted by Crippen LogP contribution is 2.22. The molecule has 0 radical (unpaired) electrons. The van der Waals surface area contributed by atoms with Gasteiger partial charge >= 0.3 is 6.03 Å². The molecule has 1 N–H and O–H groups in total. The predicted octanol–water partition coefficient (Wildman–Crippen LogP) is 2.49. The largest absolute Gasteiger partial charge is 0.496 e. The van der Waals surface area contributed by atoms with Gasteiger partial charge in [-0.05, 0) is 45.4 Å². The fourth-order valence-corrected chi connectivity index (χ4v) is 2.74. The number of nitrogens with one attached hydrogen (secondary N) is 1. The number of carbonyl (C=O) groups is 2. The third-order valence-electron chi connectivity index (χ3n) is 3.94. The summed E-state index contributed by atoms with van der Waals surface area (Å²) in [5.41, 5.74) is -0.108. The maximum absolute atomic E-state index is 13.5. The number of halogens is 1. The van der Waals surface area contributed by atoms with Crippen LogP contribution in [0.4, 0.5) is 9.18 Å². The van der Waals surface area contributed by atoms with Gasteiger partial charge in [0.1, 0.15) is 11.6 Å². The Morgan fingerprint density at radius 1 is 1.12 bits per heavy atom. The number of carbonyl (C=O) groups excluding carboxylic acids is 2. The average molecular weight is 351 g/mol. The van der Waals surface area contributed by atoms with E-state index in [4.69, 9.17) is 4.74 Å². The van der Waals surface area contributed by atoms with Crippen LogP contribution in [0.5, 0.6) is 5.75 Å². The van der Waals surface area contributed by atoms with Gasteiger partial charge < -0.3 is 19.9 Å². The van der Waals surface area contributed by atoms with Gasteiger partial charge in [0.05, 0.1) is 12.7 Å². The highest BCUT2D eigenvalue weighted by Gasteiger charge is 2.26. The van der Waals surface area contributed by atoms with Crippen molar-refractivity contribution in [2.24, 2.45) is 0 Å². The van der Waals surface area contributed by atoms with Crippen LogP contribution < -0.4 is 10.1 Å². The first-order valence-electron chi connectivity index (χ1n) is 8.41. The van der Waals surface area contributed by atoms with Gasteiger partial charge in [0.15, 0.2) is 0 Å². The summed E-state index contributed by atoms with van der Waals surface area (Å²) in [6.45, 7) is 7.70. The number of hydrogen-bond acceptors (Lipinski definition) is 3. The highest BCUT2D eigenvalue weighted by molar-refractivity contribution is 5.97. The molecule has 7 heteroatoms. The topological polar surface area (TPSA) is 61.9 Å². The molecule has 1 aromatic rings. The number of ether oxygens (including phenoxy) is 1. The van der Waals surface area contributed by atoms with E-state index in [0.29, 0.717) is 38.3 Å². The lowest BCUT2D eigenvalue weighted by Crippen LogP contribution is -2.49. The summed E-state index contributed by atoms with van der Waals surface area (Å²) in [5.74, 6) is -0.419. The first-order valence-corrected chi connectivity index (χ1v) is 8.41. The van der Waals surface area contributed by atoms with E-state index >= 15 is 0 Å². The minimum Gasteiger partial charge on any atom is -0.496 e. The van der Waals surface area contributed by atoms with Crippen molar-refractivity contribution in [3.63, 3.8) is 0 Å². The van der Waals surface area contributed by atoms with E-state index in [-0.39, 0.29) is 23.0 Å². The molecule has 2 rings (SSSR count). The molecule has 3 amide bonds. The van der Waals surface area contributed by atoms with E-state index in [1.165, 1.54) is 25.3 Å². The van der Waals surface area contributed by atoms with E-state index in [2.05, 4.69) is 5.32 Å². The number of nitrogens with zero attached hydrogens (tertiary/aromatic N) is 2. The molecule has 0 atom stereocenters. The number of methoxy groups -OCH3 is 1. The van der Waals surface area contributed by atoms with Crippen molar-refractivity contribution in [1.82, 2.24) is 15.1 Å². The molecular formula is C18H26FN3O3. The summed E-state index contributed by atoms with van der Waals surface area (Å²) in [7, 11) is 1.45. The van der Waals surface area contributed by atoms with Crippen molar-refractivity contribution in [3.05, 3.63) is 29.6 Å². The standard InChI is InChI=1S/C18H26FN3O3/c1-18(2,3)20-17(24)22-9-5-8-21(10-11-22)16(23)14-12-13(19)6-7-15(14)25-4/h6-7,12H,5,8-11H2,1-4H3,(H,20,24). The molecule has 0 unspecified atom stereocenters. The van der Waals surface area contributed by atoms with E-state index in [1.54, 1.807) is 9.80 Å². The van der Waals surface area contributed by atoms with Gasteiger partial charge in [-0.2, -0.15) is 0 Å². The molecule has 0 aliphatic carbocycles. The Morgan fingerprint density at radius 2 is 1.76 bits per heavy atom. The number of hydrogen-bond donors (Lipinski definition) is 1. The zero-order chi connectivity index (χ0) is 18.6. The second-order valence-electron chi connectivity index (χ2n) is 7.16. The lowest BCUT2D eigenvalue weighted by molar-refractivity contribution is 0.0758. The fraction of sp³-hybridized carbons (Fsp3) is 0.556. The fourth-order valence-electron chi connectivity index (χ4n) is 2.74. The Labute approximate surface area is 147 Å². The third kappa shape index (κ3) is 5.08. The van der Waals surface area contributed by atoms with Crippen LogP contribution in [0.2, 0.25) is 0 Å². The maximum atomic E-state index is 13.5. The smallest absolute Gasteiger partial charge is 0.317 e. The summed E-state index contributed by atoms with van der Waals surface area (Å²) in [4.78, 5) is 28.4. The van der Waals surface area contributed by atoms with Gasteiger partial charge in [-0.1, -0.05) is 0 Å². The average Bonchev–Trinajstić information content (AvgIpc) is 2.78. The first kappa shape index (κ1) is 19.0. The summed E-state index contributed by atoms with van der Waals surface area (Å²) in [6.07, 6.45) is 0.668. The summed E-state index contributed by atoms with van der Waals surface area (Å²) >= 11 is 0. The van der Waals surface area contributed by atoms with Crippen molar-refractivity contribution < 1.29 is 18.7 Å². The quantitative estimate of drug-likeness (QED) is 0.890. The van der Waals surface area contributed by atoms with Crippen LogP contribution in [0.3, 0.4) is 0 Å². The monoisotopic (exact) mass is 351 g/mol. The molecule has 1 saturated heterocycles. The van der Waals surface area contributed by atoms with Gasteiger partial charge in [0.2, 0.25) is 0 Å². The van der Waals surface area contributed by atoms with Crippen molar-refractivity contribution in [3.8, 4) is 5.75 Å². The zero-order valence-corrected chi connectivity index (χ0v) is 15.3. The van der Waals surface area contributed by atoms with E-state index in [1.807, 2.05) is 20.8 Å². The Hall–Kier alpha value is -2.31. The summed E-state index contributed by atoms with van der Waals surface area (Å²) < 4.78 is 18.7. The summed E-state index contributed by atoms with van der Waals surface area (Å²) in [5, 5.41) is 2.93. The summed E-state index contributed by atoms with van der Waals surface area (Å²) in [6, 6.07) is 3.76. The van der Waals surface area contributed by atoms with Crippen LogP contribution in [-0.4, -0.2) is 60.6 Å². The molecule has 25 heavy (non-hydrogen) atoms. The molecule has 0 spiro atoms. The molecule has 1 heterocycles. The second-order valence-corrected chi connectivity index (χ2v) is 7.16. The normalized spacial score (nSPS) is 15.6. The van der Waals surface area contributed by atoms with E-state index in [0.717, 1.165) is 0 Å². The lowest BCUT2D eigenvalue weighted by Gasteiger charge is -2.27. The number of amides is 3. The predicted molar refractivity (Wildman–Crippen MR) is 93.3 cm³/mol. The second kappa shape index (κ2) is 7.72. The van der Waals surface area contributed by atoms with Crippen molar-refractivity contribution >= 4 is 11.9 Å². The van der Waals surface area contributed by atoms with E-state index < -0.39 is 5.82 Å². The lowest BCUT2D eigenvalue weighted by atomic mass is 10.1. The van der Waals surface area contributed by atoms with Gasteiger partial charge in [-0.3, -0.25) is 4.79 Å². The Kier molecular flexibility index (Phi) is 5.87. The molecule has 1 fully saturated rings. The van der Waals surface area contributed by atoms with Crippen molar-refractivity contribution in [2.75, 3.05) is 33.3 Å². The van der Waals surface area contributed by atoms with Crippen molar-refractivity contribution in [2.45, 2.75) is 32.7 Å².